The maximum absolute atomic E-state index is 11.9. The predicted octanol–water partition coefficient (Wildman–Crippen LogP) is 1.49. The van der Waals surface area contributed by atoms with Gasteiger partial charge in [0.25, 0.3) is 0 Å². The smallest absolute Gasteiger partial charge is 0.329 e. The second-order valence-corrected chi connectivity index (χ2v) is 3.86. The molecule has 6 nitrogen and oxygen atoms in total. The summed E-state index contributed by atoms with van der Waals surface area (Å²) < 4.78 is 6.69. The molecule has 0 radical (unpaired) electrons. The van der Waals surface area contributed by atoms with Crippen molar-refractivity contribution >= 4 is 11.3 Å². The van der Waals surface area contributed by atoms with E-state index >= 15 is 0 Å². The Bertz CT molecular complexity index is 568. The topological polar surface area (TPSA) is 72.8 Å². The van der Waals surface area contributed by atoms with Crippen LogP contribution in [-0.2, 0) is 0 Å². The molecule has 0 aliphatic carbocycles. The molecule has 0 atom stereocenters. The first-order valence-corrected chi connectivity index (χ1v) is 5.72. The van der Waals surface area contributed by atoms with Crippen LogP contribution >= 0.6 is 0 Å². The summed E-state index contributed by atoms with van der Waals surface area (Å²) in [4.78, 5) is 23.0. The van der Waals surface area contributed by atoms with Crippen molar-refractivity contribution in [2.45, 2.75) is 32.7 Å². The van der Waals surface area contributed by atoms with Crippen LogP contribution in [0.4, 0.5) is 0 Å². The number of hydrogen-bond acceptors (Lipinski definition) is 4. The van der Waals surface area contributed by atoms with E-state index in [9.17, 15) is 4.79 Å². The zero-order chi connectivity index (χ0) is 12.4. The van der Waals surface area contributed by atoms with Crippen molar-refractivity contribution in [3.05, 3.63) is 16.7 Å². The monoisotopic (exact) mass is 236 g/mol. The van der Waals surface area contributed by atoms with Gasteiger partial charge in [-0.2, -0.15) is 4.98 Å². The normalized spacial score (nSPS) is 11.3. The summed E-state index contributed by atoms with van der Waals surface area (Å²) in [5, 5.41) is 0. The van der Waals surface area contributed by atoms with E-state index in [1.807, 2.05) is 13.8 Å². The van der Waals surface area contributed by atoms with Gasteiger partial charge >= 0.3 is 5.69 Å². The molecule has 6 heteroatoms. The standard InChI is InChI=1S/C11H16N4O2/c1-4-7(5-2)15-10-9(14-11(15)16)12-6-8(13-10)17-3/h6-7H,4-5H2,1-3H3,(H,12,14,16). The second kappa shape index (κ2) is 4.57. The van der Waals surface area contributed by atoms with Crippen molar-refractivity contribution in [1.82, 2.24) is 19.5 Å². The van der Waals surface area contributed by atoms with Crippen LogP contribution in [0.25, 0.3) is 11.3 Å². The number of fused-ring (bicyclic) bond motifs is 1. The van der Waals surface area contributed by atoms with Gasteiger partial charge in [0.15, 0.2) is 11.3 Å². The lowest BCUT2D eigenvalue weighted by Crippen LogP contribution is -2.21. The van der Waals surface area contributed by atoms with E-state index < -0.39 is 0 Å². The Morgan fingerprint density at radius 3 is 2.76 bits per heavy atom. The maximum atomic E-state index is 11.9. The Morgan fingerprint density at radius 1 is 1.47 bits per heavy atom. The number of rotatable bonds is 4. The summed E-state index contributed by atoms with van der Waals surface area (Å²) in [5.74, 6) is 0.413. The molecule has 0 unspecified atom stereocenters. The van der Waals surface area contributed by atoms with Gasteiger partial charge in [-0.25, -0.2) is 9.78 Å². The summed E-state index contributed by atoms with van der Waals surface area (Å²) in [7, 11) is 1.53. The molecule has 1 N–H and O–H groups in total. The van der Waals surface area contributed by atoms with Gasteiger partial charge in [-0.3, -0.25) is 9.55 Å². The lowest BCUT2D eigenvalue weighted by atomic mass is 10.2. The fourth-order valence-electron chi connectivity index (χ4n) is 1.97. The maximum Gasteiger partial charge on any atom is 0.329 e. The molecular formula is C11H16N4O2. The average molecular weight is 236 g/mol. The molecular weight excluding hydrogens is 220 g/mol. The second-order valence-electron chi connectivity index (χ2n) is 3.86. The number of hydrogen-bond donors (Lipinski definition) is 1. The number of methoxy groups -OCH3 is 1. The van der Waals surface area contributed by atoms with E-state index in [0.29, 0.717) is 17.2 Å². The van der Waals surface area contributed by atoms with Gasteiger partial charge in [0.1, 0.15) is 0 Å². The van der Waals surface area contributed by atoms with Crippen LogP contribution in [0.2, 0.25) is 0 Å². The van der Waals surface area contributed by atoms with E-state index in [1.165, 1.54) is 13.3 Å². The molecule has 92 valence electrons. The van der Waals surface area contributed by atoms with E-state index in [2.05, 4.69) is 15.0 Å². The van der Waals surface area contributed by atoms with Gasteiger partial charge in [-0.05, 0) is 12.8 Å². The highest BCUT2D eigenvalue weighted by Crippen LogP contribution is 2.19. The first-order valence-electron chi connectivity index (χ1n) is 5.72. The number of aromatic nitrogens is 4. The van der Waals surface area contributed by atoms with Crippen LogP contribution in [0.15, 0.2) is 11.0 Å². The van der Waals surface area contributed by atoms with Gasteiger partial charge < -0.3 is 4.74 Å². The highest BCUT2D eigenvalue weighted by molar-refractivity contribution is 5.66. The molecule has 0 saturated carbocycles. The van der Waals surface area contributed by atoms with Gasteiger partial charge in [0, 0.05) is 6.04 Å². The third-order valence-electron chi connectivity index (χ3n) is 2.92. The Balaban J connectivity index is 2.67. The molecule has 0 aliphatic rings. The lowest BCUT2D eigenvalue weighted by molar-refractivity contribution is 0.395. The Kier molecular flexibility index (Phi) is 3.12. The molecule has 17 heavy (non-hydrogen) atoms. The molecule has 0 aromatic carbocycles. The van der Waals surface area contributed by atoms with Gasteiger partial charge in [0.05, 0.1) is 13.3 Å². The van der Waals surface area contributed by atoms with Crippen molar-refractivity contribution in [2.75, 3.05) is 7.11 Å². The fourth-order valence-corrected chi connectivity index (χ4v) is 1.97. The van der Waals surface area contributed by atoms with Gasteiger partial charge in [0.2, 0.25) is 5.88 Å². The van der Waals surface area contributed by atoms with E-state index in [4.69, 9.17) is 4.74 Å². The molecule has 0 amide bonds. The van der Waals surface area contributed by atoms with E-state index in [1.54, 1.807) is 4.57 Å². The fraction of sp³-hybridized carbons (Fsp3) is 0.545. The summed E-state index contributed by atoms with van der Waals surface area (Å²) in [6.07, 6.45) is 3.25. The predicted molar refractivity (Wildman–Crippen MR) is 64.3 cm³/mol. The van der Waals surface area contributed by atoms with Crippen molar-refractivity contribution < 1.29 is 4.74 Å². The minimum absolute atomic E-state index is 0.137. The number of ether oxygens (including phenoxy) is 1. The van der Waals surface area contributed by atoms with Crippen molar-refractivity contribution in [2.24, 2.45) is 0 Å². The quantitative estimate of drug-likeness (QED) is 0.872. The van der Waals surface area contributed by atoms with Crippen molar-refractivity contribution in [3.8, 4) is 5.88 Å². The highest BCUT2D eigenvalue weighted by atomic mass is 16.5. The first-order chi connectivity index (χ1) is 8.21. The summed E-state index contributed by atoms with van der Waals surface area (Å²) in [5.41, 5.74) is 0.896. The minimum atomic E-state index is -0.165. The van der Waals surface area contributed by atoms with Crippen LogP contribution in [0.5, 0.6) is 5.88 Å². The first kappa shape index (κ1) is 11.6. The Hall–Kier alpha value is -1.85. The summed E-state index contributed by atoms with van der Waals surface area (Å²) in [6.45, 7) is 4.10. The van der Waals surface area contributed by atoms with E-state index in [0.717, 1.165) is 12.8 Å². The zero-order valence-electron chi connectivity index (χ0n) is 10.2. The number of imidazole rings is 1. The molecule has 2 heterocycles. The lowest BCUT2D eigenvalue weighted by Gasteiger charge is -2.13. The SMILES string of the molecule is CCC(CC)n1c(=O)[nH]c2ncc(OC)nc21. The molecule has 0 bridgehead atoms. The summed E-state index contributed by atoms with van der Waals surface area (Å²) >= 11 is 0. The third-order valence-corrected chi connectivity index (χ3v) is 2.92. The minimum Gasteiger partial charge on any atom is -0.480 e. The Labute approximate surface area is 98.7 Å². The molecule has 0 aliphatic heterocycles. The number of aromatic amines is 1. The molecule has 0 saturated heterocycles. The Morgan fingerprint density at radius 2 is 2.18 bits per heavy atom. The molecule has 0 spiro atoms. The van der Waals surface area contributed by atoms with Crippen LogP contribution in [0, 0.1) is 0 Å². The van der Waals surface area contributed by atoms with Crippen LogP contribution in [0.1, 0.15) is 32.7 Å². The number of nitrogens with one attached hydrogen (secondary N) is 1. The molecule has 2 rings (SSSR count). The zero-order valence-corrected chi connectivity index (χ0v) is 10.2. The largest absolute Gasteiger partial charge is 0.480 e. The van der Waals surface area contributed by atoms with Crippen LogP contribution in [-0.4, -0.2) is 26.6 Å². The van der Waals surface area contributed by atoms with Crippen LogP contribution < -0.4 is 10.4 Å². The molecule has 2 aromatic heterocycles. The van der Waals surface area contributed by atoms with E-state index in [-0.39, 0.29) is 11.7 Å². The average Bonchev–Trinajstić information content (AvgIpc) is 2.67. The summed E-state index contributed by atoms with van der Waals surface area (Å²) in [6, 6.07) is 0.137. The number of H-pyrrole nitrogens is 1. The molecule has 2 aromatic rings. The van der Waals surface area contributed by atoms with Crippen LogP contribution in [0.3, 0.4) is 0 Å². The molecule has 0 fully saturated rings. The van der Waals surface area contributed by atoms with Gasteiger partial charge in [-0.15, -0.1) is 0 Å². The number of nitrogens with zero attached hydrogens (tertiary/aromatic N) is 3. The van der Waals surface area contributed by atoms with Crippen molar-refractivity contribution in [3.63, 3.8) is 0 Å². The third kappa shape index (κ3) is 1.90. The van der Waals surface area contributed by atoms with Gasteiger partial charge in [-0.1, -0.05) is 13.8 Å². The highest BCUT2D eigenvalue weighted by Gasteiger charge is 2.16. The van der Waals surface area contributed by atoms with Crippen molar-refractivity contribution in [1.29, 1.82) is 0 Å².